The van der Waals surface area contributed by atoms with Crippen molar-refractivity contribution in [1.29, 1.82) is 0 Å². The highest BCUT2D eigenvalue weighted by molar-refractivity contribution is 5.76. The van der Waals surface area contributed by atoms with E-state index in [1.54, 1.807) is 0 Å². The first-order chi connectivity index (χ1) is 23.0. The van der Waals surface area contributed by atoms with Crippen LogP contribution in [0.3, 0.4) is 0 Å². The largest absolute Gasteiger partial charge is 0.481 e. The van der Waals surface area contributed by atoms with Crippen LogP contribution in [0.2, 0.25) is 0 Å². The number of rotatable bonds is 20. The van der Waals surface area contributed by atoms with Crippen LogP contribution < -0.4 is 5.32 Å². The Balaban J connectivity index is 1.16. The highest BCUT2D eigenvalue weighted by Gasteiger charge is 2.65. The molecule has 4 aliphatic carbocycles. The minimum Gasteiger partial charge on any atom is -0.481 e. The zero-order valence-electron chi connectivity index (χ0n) is 31.3. The van der Waals surface area contributed by atoms with Crippen molar-refractivity contribution >= 4 is 11.9 Å². The molecule has 11 atom stereocenters. The van der Waals surface area contributed by atoms with Gasteiger partial charge in [0.25, 0.3) is 0 Å². The topological polar surface area (TPSA) is 107 Å². The maximum atomic E-state index is 12.9. The van der Waals surface area contributed by atoms with Crippen LogP contribution >= 0.6 is 0 Å². The van der Waals surface area contributed by atoms with Crippen LogP contribution in [0.1, 0.15) is 175 Å². The fourth-order valence-electron chi connectivity index (χ4n) is 11.5. The predicted octanol–water partition coefficient (Wildman–Crippen LogP) is 9.61. The highest BCUT2D eigenvalue weighted by Crippen LogP contribution is 2.68. The number of carbonyl (C=O) groups excluding carboxylic acids is 1. The number of hydrogen-bond acceptors (Lipinski definition) is 4. The van der Waals surface area contributed by atoms with Crippen molar-refractivity contribution in [3.8, 4) is 0 Å². The van der Waals surface area contributed by atoms with Crippen LogP contribution in [0.4, 0.5) is 0 Å². The molecule has 0 aromatic heterocycles. The molecule has 0 saturated heterocycles. The Morgan fingerprint density at radius 2 is 1.46 bits per heavy atom. The van der Waals surface area contributed by atoms with Crippen molar-refractivity contribution in [3.63, 3.8) is 0 Å². The first-order valence-corrected chi connectivity index (χ1v) is 20.5. The number of hydrogen-bond donors (Lipinski definition) is 4. The summed E-state index contributed by atoms with van der Waals surface area (Å²) in [6.07, 6.45) is 28.3. The number of aliphatic hydroxyl groups is 2. The summed E-state index contributed by atoms with van der Waals surface area (Å²) in [6, 6.07) is 0.187. The van der Waals surface area contributed by atoms with Crippen LogP contribution in [0, 0.1) is 46.3 Å². The zero-order valence-corrected chi connectivity index (χ0v) is 31.3. The lowest BCUT2D eigenvalue weighted by Gasteiger charge is -2.63. The van der Waals surface area contributed by atoms with E-state index in [2.05, 4.69) is 45.2 Å². The quantitative estimate of drug-likeness (QED) is 0.0762. The molecule has 4 N–H and O–H groups in total. The molecule has 0 aliphatic heterocycles. The predicted molar refractivity (Wildman–Crippen MR) is 195 cm³/mol. The molecular formula is C42H73NO5. The Morgan fingerprint density at radius 1 is 0.812 bits per heavy atom. The Labute approximate surface area is 293 Å². The van der Waals surface area contributed by atoms with Crippen LogP contribution in [-0.4, -0.2) is 45.4 Å². The van der Waals surface area contributed by atoms with Crippen molar-refractivity contribution in [2.24, 2.45) is 46.3 Å². The highest BCUT2D eigenvalue weighted by atomic mass is 16.4. The molecule has 4 aliphatic rings. The summed E-state index contributed by atoms with van der Waals surface area (Å²) in [5, 5.41) is 36.2. The van der Waals surface area contributed by atoms with Gasteiger partial charge in [-0.2, -0.15) is 0 Å². The monoisotopic (exact) mass is 672 g/mol. The lowest BCUT2D eigenvalue weighted by atomic mass is 9.43. The second kappa shape index (κ2) is 18.7. The maximum Gasteiger partial charge on any atom is 0.303 e. The van der Waals surface area contributed by atoms with Gasteiger partial charge in [-0.3, -0.25) is 9.59 Å². The van der Waals surface area contributed by atoms with E-state index in [4.69, 9.17) is 0 Å². The molecule has 0 unspecified atom stereocenters. The summed E-state index contributed by atoms with van der Waals surface area (Å²) in [6.45, 7) is 9.10. The van der Waals surface area contributed by atoms with E-state index in [1.807, 2.05) is 0 Å². The summed E-state index contributed by atoms with van der Waals surface area (Å²) in [5.74, 6) is 1.11. The van der Waals surface area contributed by atoms with E-state index < -0.39 is 12.1 Å². The number of carboxylic acid groups (broad SMARTS) is 1. The van der Waals surface area contributed by atoms with E-state index >= 15 is 0 Å². The Hall–Kier alpha value is -1.40. The maximum absolute atomic E-state index is 12.9. The summed E-state index contributed by atoms with van der Waals surface area (Å²) >= 11 is 0. The number of unbranched alkanes of at least 4 members (excludes halogenated alkanes) is 11. The van der Waals surface area contributed by atoms with Gasteiger partial charge in [0.2, 0.25) is 5.91 Å². The summed E-state index contributed by atoms with van der Waals surface area (Å²) in [5.41, 5.74) is -0.192. The Morgan fingerprint density at radius 3 is 2.12 bits per heavy atom. The van der Waals surface area contributed by atoms with Crippen LogP contribution in [0.25, 0.3) is 0 Å². The third-order valence-corrected chi connectivity index (χ3v) is 14.4. The third kappa shape index (κ3) is 9.68. The standard InChI is InChI=1S/C42H73NO5/c1-5-6-7-8-9-10-11-12-13-14-15-16-17-18-19-20-38(46)43-32-25-26-41(3)31(27-32)28-36(44)40-34-23-22-33(30(2)21-24-39(47)48)42(34,4)37(45)29-35(40)41/h12-13,30-37,40,44-45H,5-11,14-29H2,1-4H3,(H,43,46)(H,47,48)/b13-12-/t30-,31+,32+,33-,34+,35+,36-,37+,40+,41+,42-/m1/s1. The minimum absolute atomic E-state index is 0.0733. The molecule has 0 bridgehead atoms. The summed E-state index contributed by atoms with van der Waals surface area (Å²) in [7, 11) is 0. The number of amides is 1. The SMILES string of the molecule is CCCCCCCC/C=C\CCCCCCCC(=O)N[C@H]1CC[C@@]2(C)[C@@H](C1)C[C@@H](O)[C@@H]1[C@@H]2C[C@H](O)[C@]2(C)[C@@H]([C@H](C)CCC(=O)O)CC[C@@H]12. The van der Waals surface area contributed by atoms with Gasteiger partial charge >= 0.3 is 5.97 Å². The Kier molecular flexibility index (Phi) is 15.4. The van der Waals surface area contributed by atoms with Crippen LogP contribution in [0.5, 0.6) is 0 Å². The molecule has 4 saturated carbocycles. The van der Waals surface area contributed by atoms with E-state index in [0.29, 0.717) is 30.6 Å². The summed E-state index contributed by atoms with van der Waals surface area (Å²) in [4.78, 5) is 24.2. The van der Waals surface area contributed by atoms with Gasteiger partial charge in [0.1, 0.15) is 0 Å². The minimum atomic E-state index is -0.748. The molecule has 1 amide bonds. The van der Waals surface area contributed by atoms with Gasteiger partial charge in [-0.1, -0.05) is 91.2 Å². The molecule has 0 heterocycles. The van der Waals surface area contributed by atoms with Crippen molar-refractivity contribution in [3.05, 3.63) is 12.2 Å². The first kappa shape index (κ1) is 39.4. The van der Waals surface area contributed by atoms with E-state index in [1.165, 1.54) is 70.6 Å². The van der Waals surface area contributed by atoms with Crippen molar-refractivity contribution < 1.29 is 24.9 Å². The van der Waals surface area contributed by atoms with Crippen molar-refractivity contribution in [1.82, 2.24) is 5.32 Å². The van der Waals surface area contributed by atoms with Crippen LogP contribution in [0.15, 0.2) is 12.2 Å². The number of aliphatic carboxylic acids is 1. The van der Waals surface area contributed by atoms with Crippen molar-refractivity contribution in [2.75, 3.05) is 0 Å². The average Bonchev–Trinajstić information content (AvgIpc) is 3.41. The molecule has 0 aromatic carbocycles. The van der Waals surface area contributed by atoms with E-state index in [9.17, 15) is 24.9 Å². The van der Waals surface area contributed by atoms with Crippen LogP contribution in [-0.2, 0) is 9.59 Å². The second-order valence-corrected chi connectivity index (χ2v) is 17.4. The molecule has 276 valence electrons. The number of nitrogens with one attached hydrogen (secondary N) is 1. The molecular weight excluding hydrogens is 598 g/mol. The van der Waals surface area contributed by atoms with Gasteiger partial charge in [0.05, 0.1) is 12.2 Å². The molecule has 4 rings (SSSR count). The summed E-state index contributed by atoms with van der Waals surface area (Å²) < 4.78 is 0. The van der Waals surface area contributed by atoms with E-state index in [-0.39, 0.29) is 53.1 Å². The molecule has 4 fully saturated rings. The molecule has 0 radical (unpaired) electrons. The molecule has 48 heavy (non-hydrogen) atoms. The lowest BCUT2D eigenvalue weighted by molar-refractivity contribution is -0.202. The first-order valence-electron chi connectivity index (χ1n) is 20.5. The number of allylic oxidation sites excluding steroid dienone is 2. The number of carbonyl (C=O) groups is 2. The smallest absolute Gasteiger partial charge is 0.303 e. The molecule has 0 aromatic rings. The number of aliphatic hydroxyl groups excluding tert-OH is 2. The molecule has 6 nitrogen and oxygen atoms in total. The fourth-order valence-corrected chi connectivity index (χ4v) is 11.5. The zero-order chi connectivity index (χ0) is 34.7. The van der Waals surface area contributed by atoms with Gasteiger partial charge in [-0.25, -0.2) is 0 Å². The molecule has 6 heteroatoms. The second-order valence-electron chi connectivity index (χ2n) is 17.4. The van der Waals surface area contributed by atoms with Gasteiger partial charge < -0.3 is 20.6 Å². The van der Waals surface area contributed by atoms with Gasteiger partial charge in [0, 0.05) is 18.9 Å². The third-order valence-electron chi connectivity index (χ3n) is 14.4. The fraction of sp³-hybridized carbons (Fsp3) is 0.905. The van der Waals surface area contributed by atoms with Gasteiger partial charge in [-0.05, 0) is 130 Å². The number of fused-ring (bicyclic) bond motifs is 5. The molecule has 0 spiro atoms. The van der Waals surface area contributed by atoms with Gasteiger partial charge in [0.15, 0.2) is 0 Å². The van der Waals surface area contributed by atoms with E-state index in [0.717, 1.165) is 57.8 Å². The average molecular weight is 672 g/mol. The normalized spacial score (nSPS) is 36.7. The van der Waals surface area contributed by atoms with Crippen molar-refractivity contribution in [2.45, 2.75) is 194 Å². The Bertz CT molecular complexity index is 1030. The number of carboxylic acids is 1. The lowest BCUT2D eigenvalue weighted by Crippen LogP contribution is -2.63. The van der Waals surface area contributed by atoms with Gasteiger partial charge in [-0.15, -0.1) is 0 Å².